The minimum absolute atomic E-state index is 0.187. The molecule has 4 rings (SSSR count). The van der Waals surface area contributed by atoms with Crippen LogP contribution in [0.25, 0.3) is 11.1 Å². The van der Waals surface area contributed by atoms with Gasteiger partial charge in [-0.05, 0) is 60.2 Å². The average Bonchev–Trinajstić information content (AvgIpc) is 3.37. The van der Waals surface area contributed by atoms with Crippen LogP contribution in [-0.2, 0) is 17.8 Å². The molecule has 3 heterocycles. The van der Waals surface area contributed by atoms with Crippen LogP contribution in [-0.4, -0.2) is 62.5 Å². The van der Waals surface area contributed by atoms with Crippen LogP contribution in [0.3, 0.4) is 0 Å². The number of piperazine rings is 1. The van der Waals surface area contributed by atoms with Crippen LogP contribution in [0.15, 0.2) is 60.0 Å². The zero-order valence-electron chi connectivity index (χ0n) is 20.4. The van der Waals surface area contributed by atoms with Gasteiger partial charge >= 0.3 is 0 Å². The quantitative estimate of drug-likeness (QED) is 0.293. The van der Waals surface area contributed by atoms with E-state index in [2.05, 4.69) is 62.5 Å². The van der Waals surface area contributed by atoms with Crippen LogP contribution in [0.2, 0.25) is 0 Å². The molecule has 3 aromatic rings. The molecule has 1 aliphatic rings. The molecule has 0 unspecified atom stereocenters. The molecule has 0 radical (unpaired) electrons. The second-order valence-electron chi connectivity index (χ2n) is 8.93. The molecule has 1 saturated heterocycles. The van der Waals surface area contributed by atoms with E-state index < -0.39 is 0 Å². The Bertz CT molecular complexity index is 1150. The Hall–Kier alpha value is -2.92. The third-order valence-corrected chi connectivity index (χ3v) is 7.61. The summed E-state index contributed by atoms with van der Waals surface area (Å²) < 4.78 is 4.32. The van der Waals surface area contributed by atoms with Crippen molar-refractivity contribution in [2.24, 2.45) is 0 Å². The molecule has 1 aromatic carbocycles. The van der Waals surface area contributed by atoms with Crippen LogP contribution >= 0.6 is 11.9 Å². The van der Waals surface area contributed by atoms with Crippen molar-refractivity contribution >= 4 is 17.7 Å². The van der Waals surface area contributed by atoms with Gasteiger partial charge in [0, 0.05) is 87.6 Å². The van der Waals surface area contributed by atoms with Crippen LogP contribution in [0.1, 0.15) is 30.4 Å². The van der Waals surface area contributed by atoms with Crippen molar-refractivity contribution in [3.8, 4) is 23.5 Å². The van der Waals surface area contributed by atoms with Gasteiger partial charge < -0.3 is 4.90 Å². The molecule has 0 amide bonds. The summed E-state index contributed by atoms with van der Waals surface area (Å²) in [5.74, 6) is 2.71. The summed E-state index contributed by atoms with van der Waals surface area (Å²) in [4.78, 5) is 19.8. The largest absolute Gasteiger partial charge is 0.300 e. The van der Waals surface area contributed by atoms with E-state index >= 15 is 0 Å². The maximum absolute atomic E-state index is 11.9. The lowest BCUT2D eigenvalue weighted by molar-refractivity contribution is -0.119. The summed E-state index contributed by atoms with van der Waals surface area (Å²) in [6.07, 6.45) is 15.4. The molecule has 0 bridgehead atoms. The zero-order valence-corrected chi connectivity index (χ0v) is 21.2. The summed E-state index contributed by atoms with van der Waals surface area (Å²) in [5.41, 5.74) is 4.86. The average molecular weight is 488 g/mol. The Morgan fingerprint density at radius 3 is 2.63 bits per heavy atom. The highest BCUT2D eigenvalue weighted by molar-refractivity contribution is 7.97. The fourth-order valence-corrected chi connectivity index (χ4v) is 5.12. The van der Waals surface area contributed by atoms with E-state index in [4.69, 9.17) is 6.42 Å². The fourth-order valence-electron chi connectivity index (χ4n) is 4.11. The summed E-state index contributed by atoms with van der Waals surface area (Å²) in [5, 5.41) is 4.46. The number of Topliss-reactive ketones (excluding diaryl/α,β-unsaturated/α-hetero) is 1. The van der Waals surface area contributed by atoms with Crippen molar-refractivity contribution in [2.75, 3.05) is 32.7 Å². The summed E-state index contributed by atoms with van der Waals surface area (Å²) in [7, 11) is 0. The number of benzene rings is 1. The SMILES string of the molecule is C#CCCC(=O)CCn1cc(-c2ccc(C)c(SN3CCN(CCc4ccncc4)CC3)c2)cn1. The first-order valence-corrected chi connectivity index (χ1v) is 13.0. The molecular formula is C28H33N5OS. The first-order chi connectivity index (χ1) is 17.1. The van der Waals surface area contributed by atoms with Crippen molar-refractivity contribution in [3.05, 3.63) is 66.2 Å². The summed E-state index contributed by atoms with van der Waals surface area (Å²) >= 11 is 1.86. The second-order valence-corrected chi connectivity index (χ2v) is 10.1. The highest BCUT2D eigenvalue weighted by Crippen LogP contribution is 2.31. The number of aromatic nitrogens is 3. The number of nitrogens with zero attached hydrogens (tertiary/aromatic N) is 5. The number of hydrogen-bond acceptors (Lipinski definition) is 6. The maximum atomic E-state index is 11.9. The minimum atomic E-state index is 0.187. The van der Waals surface area contributed by atoms with Gasteiger partial charge in [-0.3, -0.25) is 14.5 Å². The molecule has 0 spiro atoms. The lowest BCUT2D eigenvalue weighted by Gasteiger charge is -2.34. The number of pyridine rings is 1. The minimum Gasteiger partial charge on any atom is -0.300 e. The standard InChI is InChI=1S/C28H33N5OS/c1-3-4-5-27(34)11-15-32-22-26(21-30-32)25-7-6-23(2)28(20-25)35-33-18-16-31(17-19-33)14-10-24-8-12-29-13-9-24/h1,6-9,12-13,20-22H,4-5,10-11,14-19H2,2H3. The van der Waals surface area contributed by atoms with Crippen molar-refractivity contribution in [1.82, 2.24) is 24.0 Å². The van der Waals surface area contributed by atoms with E-state index in [1.165, 1.54) is 16.0 Å². The molecule has 0 saturated carbocycles. The van der Waals surface area contributed by atoms with Gasteiger partial charge in [-0.2, -0.15) is 5.10 Å². The van der Waals surface area contributed by atoms with Crippen molar-refractivity contribution < 1.29 is 4.79 Å². The number of hydrogen-bond donors (Lipinski definition) is 0. The molecule has 35 heavy (non-hydrogen) atoms. The van der Waals surface area contributed by atoms with Crippen LogP contribution < -0.4 is 0 Å². The second kappa shape index (κ2) is 12.7. The number of rotatable bonds is 11. The van der Waals surface area contributed by atoms with Crippen LogP contribution in [0, 0.1) is 19.3 Å². The normalized spacial score (nSPS) is 14.6. The topological polar surface area (TPSA) is 54.3 Å². The van der Waals surface area contributed by atoms with Crippen LogP contribution in [0.4, 0.5) is 0 Å². The Morgan fingerprint density at radius 1 is 1.06 bits per heavy atom. The van der Waals surface area contributed by atoms with E-state index in [0.717, 1.165) is 50.3 Å². The monoisotopic (exact) mass is 487 g/mol. The van der Waals surface area contributed by atoms with Gasteiger partial charge in [-0.1, -0.05) is 12.1 Å². The number of aryl methyl sites for hydroxylation is 2. The molecule has 1 aliphatic heterocycles. The fraction of sp³-hybridized carbons (Fsp3) is 0.393. The molecule has 182 valence electrons. The third-order valence-electron chi connectivity index (χ3n) is 6.35. The molecule has 0 atom stereocenters. The van der Waals surface area contributed by atoms with Crippen molar-refractivity contribution in [3.63, 3.8) is 0 Å². The van der Waals surface area contributed by atoms with Gasteiger partial charge in [0.15, 0.2) is 0 Å². The maximum Gasteiger partial charge on any atom is 0.135 e. The zero-order chi connectivity index (χ0) is 24.5. The Balaban J connectivity index is 1.29. The number of carbonyl (C=O) groups excluding carboxylic acids is 1. The van der Waals surface area contributed by atoms with E-state index in [0.29, 0.717) is 25.8 Å². The Morgan fingerprint density at radius 2 is 1.86 bits per heavy atom. The molecule has 7 heteroatoms. The van der Waals surface area contributed by atoms with Gasteiger partial charge in [0.05, 0.1) is 6.20 Å². The lowest BCUT2D eigenvalue weighted by Crippen LogP contribution is -2.44. The molecule has 1 fully saturated rings. The summed E-state index contributed by atoms with van der Waals surface area (Å²) in [6, 6.07) is 10.8. The predicted molar refractivity (Wildman–Crippen MR) is 142 cm³/mol. The van der Waals surface area contributed by atoms with E-state index in [9.17, 15) is 4.79 Å². The Labute approximate surface area is 212 Å². The Kier molecular flexibility index (Phi) is 9.13. The summed E-state index contributed by atoms with van der Waals surface area (Å²) in [6.45, 7) is 8.13. The van der Waals surface area contributed by atoms with Gasteiger partial charge in [-0.15, -0.1) is 12.3 Å². The molecule has 6 nitrogen and oxygen atoms in total. The number of terminal acetylenes is 1. The van der Waals surface area contributed by atoms with Crippen LogP contribution in [0.5, 0.6) is 0 Å². The van der Waals surface area contributed by atoms with Gasteiger partial charge in [0.1, 0.15) is 5.78 Å². The highest BCUT2D eigenvalue weighted by Gasteiger charge is 2.18. The van der Waals surface area contributed by atoms with E-state index in [-0.39, 0.29) is 5.78 Å². The van der Waals surface area contributed by atoms with Gasteiger partial charge in [0.2, 0.25) is 0 Å². The van der Waals surface area contributed by atoms with E-state index in [1.807, 2.05) is 41.4 Å². The molecule has 0 aliphatic carbocycles. The molecule has 2 aromatic heterocycles. The first-order valence-electron chi connectivity index (χ1n) is 12.2. The predicted octanol–water partition coefficient (Wildman–Crippen LogP) is 4.49. The number of ketones is 1. The van der Waals surface area contributed by atoms with Gasteiger partial charge in [0.25, 0.3) is 0 Å². The smallest absolute Gasteiger partial charge is 0.135 e. The van der Waals surface area contributed by atoms with Gasteiger partial charge in [-0.25, -0.2) is 4.31 Å². The number of carbonyl (C=O) groups is 1. The first kappa shape index (κ1) is 25.2. The molecule has 0 N–H and O–H groups in total. The molecular weight excluding hydrogens is 454 g/mol. The van der Waals surface area contributed by atoms with E-state index in [1.54, 1.807) is 0 Å². The van der Waals surface area contributed by atoms with Crippen molar-refractivity contribution in [1.29, 1.82) is 0 Å². The van der Waals surface area contributed by atoms with Crippen molar-refractivity contribution in [2.45, 2.75) is 44.0 Å². The third kappa shape index (κ3) is 7.53. The lowest BCUT2D eigenvalue weighted by atomic mass is 10.1. The highest BCUT2D eigenvalue weighted by atomic mass is 32.2.